The van der Waals surface area contributed by atoms with Crippen LogP contribution in [0.4, 0.5) is 4.39 Å². The van der Waals surface area contributed by atoms with Gasteiger partial charge < -0.3 is 9.80 Å². The van der Waals surface area contributed by atoms with Crippen molar-refractivity contribution in [2.75, 3.05) is 26.2 Å². The minimum absolute atomic E-state index is 0.00186. The van der Waals surface area contributed by atoms with Crippen molar-refractivity contribution >= 4 is 23.2 Å². The summed E-state index contributed by atoms with van der Waals surface area (Å²) in [6.07, 6.45) is 0.896. The fraction of sp³-hybridized carbons (Fsp3) is 0.348. The van der Waals surface area contributed by atoms with Crippen molar-refractivity contribution in [2.45, 2.75) is 26.7 Å². The molecule has 1 aliphatic heterocycles. The summed E-state index contributed by atoms with van der Waals surface area (Å²) in [4.78, 5) is 33.6. The van der Waals surface area contributed by atoms with E-state index < -0.39 is 5.82 Å². The molecule has 2 aromatic heterocycles. The summed E-state index contributed by atoms with van der Waals surface area (Å²) in [6.45, 7) is 5.97. The van der Waals surface area contributed by atoms with Crippen molar-refractivity contribution < 1.29 is 14.0 Å². The van der Waals surface area contributed by atoms with Crippen LogP contribution in [0.5, 0.6) is 0 Å². The van der Waals surface area contributed by atoms with E-state index in [2.05, 4.69) is 9.55 Å². The maximum atomic E-state index is 14.0. The number of aromatic nitrogens is 2. The lowest BCUT2D eigenvalue weighted by Crippen LogP contribution is -2.38. The number of rotatable bonds is 4. The summed E-state index contributed by atoms with van der Waals surface area (Å²) in [7, 11) is 0. The van der Waals surface area contributed by atoms with Gasteiger partial charge in [-0.15, -0.1) is 11.3 Å². The number of carbonyl (C=O) groups excluding carboxylic acids is 2. The minimum atomic E-state index is -0.516. The summed E-state index contributed by atoms with van der Waals surface area (Å²) in [6, 6.07) is 10.1. The highest BCUT2D eigenvalue weighted by molar-refractivity contribution is 7.12. The number of carbonyl (C=O) groups is 2. The van der Waals surface area contributed by atoms with Gasteiger partial charge in [0.2, 0.25) is 5.91 Å². The van der Waals surface area contributed by atoms with E-state index in [1.807, 2.05) is 31.4 Å². The smallest absolute Gasteiger partial charge is 0.256 e. The zero-order valence-corrected chi connectivity index (χ0v) is 18.5. The van der Waals surface area contributed by atoms with E-state index in [-0.39, 0.29) is 23.8 Å². The van der Waals surface area contributed by atoms with Gasteiger partial charge in [0, 0.05) is 42.9 Å². The Morgan fingerprint density at radius 1 is 1.00 bits per heavy atom. The quantitative estimate of drug-likeness (QED) is 0.623. The van der Waals surface area contributed by atoms with E-state index in [9.17, 15) is 14.0 Å². The van der Waals surface area contributed by atoms with Gasteiger partial charge in [0.25, 0.3) is 5.91 Å². The van der Waals surface area contributed by atoms with Gasteiger partial charge in [-0.25, -0.2) is 9.37 Å². The number of hydrogen-bond acceptors (Lipinski definition) is 4. The Bertz CT molecular complexity index is 1090. The Balaban J connectivity index is 1.38. The highest BCUT2D eigenvalue weighted by atomic mass is 32.1. The van der Waals surface area contributed by atoms with E-state index in [4.69, 9.17) is 0 Å². The molecule has 0 spiro atoms. The van der Waals surface area contributed by atoms with Gasteiger partial charge in [-0.05, 0) is 44.5 Å². The van der Waals surface area contributed by atoms with Crippen molar-refractivity contribution in [3.05, 3.63) is 70.2 Å². The molecular formula is C23H25FN4O2S. The fourth-order valence-corrected chi connectivity index (χ4v) is 4.83. The SMILES string of the molecule is Cc1ccc(C)n1-c1nc(CC(=O)N2CCCN(C(=O)c3ccccc3F)CC2)cs1. The molecule has 1 fully saturated rings. The number of aryl methyl sites for hydroxylation is 2. The first-order valence-electron chi connectivity index (χ1n) is 10.4. The molecule has 0 N–H and O–H groups in total. The zero-order valence-electron chi connectivity index (χ0n) is 17.7. The Kier molecular flexibility index (Phi) is 6.18. The van der Waals surface area contributed by atoms with Gasteiger partial charge in [-0.2, -0.15) is 0 Å². The lowest BCUT2D eigenvalue weighted by Gasteiger charge is -2.22. The highest BCUT2D eigenvalue weighted by Gasteiger charge is 2.24. The van der Waals surface area contributed by atoms with E-state index >= 15 is 0 Å². The maximum absolute atomic E-state index is 14.0. The van der Waals surface area contributed by atoms with Crippen LogP contribution in [0.2, 0.25) is 0 Å². The molecule has 1 saturated heterocycles. The van der Waals surface area contributed by atoms with E-state index in [0.29, 0.717) is 32.6 Å². The molecule has 3 aromatic rings. The summed E-state index contributed by atoms with van der Waals surface area (Å²) in [5, 5.41) is 2.79. The second-order valence-corrected chi connectivity index (χ2v) is 8.59. The molecule has 0 saturated carbocycles. The number of thiazole rings is 1. The molecular weight excluding hydrogens is 415 g/mol. The van der Waals surface area contributed by atoms with Crippen LogP contribution in [0, 0.1) is 19.7 Å². The van der Waals surface area contributed by atoms with E-state index in [1.165, 1.54) is 23.5 Å². The molecule has 0 aliphatic carbocycles. The molecule has 2 amide bonds. The average molecular weight is 441 g/mol. The number of amides is 2. The molecule has 0 bridgehead atoms. The van der Waals surface area contributed by atoms with Crippen molar-refractivity contribution in [1.29, 1.82) is 0 Å². The summed E-state index contributed by atoms with van der Waals surface area (Å²) in [5.41, 5.74) is 3.04. The molecule has 31 heavy (non-hydrogen) atoms. The third-order valence-corrected chi connectivity index (χ3v) is 6.45. The van der Waals surface area contributed by atoms with Crippen LogP contribution in [0.1, 0.15) is 33.9 Å². The standard InChI is InChI=1S/C23H25FN4O2S/c1-16-8-9-17(2)28(16)23-25-18(15-31-23)14-21(29)26-10-5-11-27(13-12-26)22(30)19-6-3-4-7-20(19)24/h3-4,6-9,15H,5,10-14H2,1-2H3. The van der Waals surface area contributed by atoms with Crippen molar-refractivity contribution in [1.82, 2.24) is 19.4 Å². The van der Waals surface area contributed by atoms with Gasteiger partial charge in [-0.3, -0.25) is 14.2 Å². The predicted octanol–water partition coefficient (Wildman–Crippen LogP) is 3.61. The Hall–Kier alpha value is -3.00. The second-order valence-electron chi connectivity index (χ2n) is 7.76. The van der Waals surface area contributed by atoms with Gasteiger partial charge in [-0.1, -0.05) is 12.1 Å². The fourth-order valence-electron chi connectivity index (χ4n) is 3.89. The molecule has 162 valence electrons. The van der Waals surface area contributed by atoms with Crippen LogP contribution >= 0.6 is 11.3 Å². The largest absolute Gasteiger partial charge is 0.341 e. The highest BCUT2D eigenvalue weighted by Crippen LogP contribution is 2.21. The first-order valence-corrected chi connectivity index (χ1v) is 11.2. The lowest BCUT2D eigenvalue weighted by molar-refractivity contribution is -0.130. The van der Waals surface area contributed by atoms with Crippen molar-refractivity contribution in [3.8, 4) is 5.13 Å². The average Bonchev–Trinajstić information content (AvgIpc) is 3.23. The molecule has 1 aliphatic rings. The van der Waals surface area contributed by atoms with Crippen molar-refractivity contribution in [2.24, 2.45) is 0 Å². The number of halogens is 1. The van der Waals surface area contributed by atoms with E-state index in [1.54, 1.807) is 21.9 Å². The third-order valence-electron chi connectivity index (χ3n) is 5.57. The van der Waals surface area contributed by atoms with Crippen LogP contribution in [0.15, 0.2) is 41.8 Å². The maximum Gasteiger partial charge on any atom is 0.256 e. The summed E-state index contributed by atoms with van der Waals surface area (Å²) < 4.78 is 16.1. The Morgan fingerprint density at radius 3 is 2.42 bits per heavy atom. The zero-order chi connectivity index (χ0) is 22.0. The summed E-state index contributed by atoms with van der Waals surface area (Å²) in [5.74, 6) is -0.843. The minimum Gasteiger partial charge on any atom is -0.341 e. The van der Waals surface area contributed by atoms with Gasteiger partial charge >= 0.3 is 0 Å². The van der Waals surface area contributed by atoms with Crippen LogP contribution in [0.3, 0.4) is 0 Å². The molecule has 0 unspecified atom stereocenters. The molecule has 8 heteroatoms. The predicted molar refractivity (Wildman–Crippen MR) is 118 cm³/mol. The lowest BCUT2D eigenvalue weighted by atomic mass is 10.2. The molecule has 0 radical (unpaired) electrons. The van der Waals surface area contributed by atoms with E-state index in [0.717, 1.165) is 22.2 Å². The molecule has 4 rings (SSSR count). The van der Waals surface area contributed by atoms with Gasteiger partial charge in [0.15, 0.2) is 5.13 Å². The van der Waals surface area contributed by atoms with Crippen molar-refractivity contribution in [3.63, 3.8) is 0 Å². The Labute approximate surface area is 184 Å². The number of hydrogen-bond donors (Lipinski definition) is 0. The topological polar surface area (TPSA) is 58.4 Å². The van der Waals surface area contributed by atoms with Gasteiger partial charge in [0.1, 0.15) is 5.82 Å². The third kappa shape index (κ3) is 4.54. The van der Waals surface area contributed by atoms with Crippen LogP contribution in [-0.4, -0.2) is 57.3 Å². The van der Waals surface area contributed by atoms with Crippen LogP contribution < -0.4 is 0 Å². The number of nitrogens with zero attached hydrogens (tertiary/aromatic N) is 4. The molecule has 0 atom stereocenters. The monoisotopic (exact) mass is 440 g/mol. The molecule has 3 heterocycles. The van der Waals surface area contributed by atoms with Crippen LogP contribution in [-0.2, 0) is 11.2 Å². The van der Waals surface area contributed by atoms with Crippen LogP contribution in [0.25, 0.3) is 5.13 Å². The molecule has 6 nitrogen and oxygen atoms in total. The first-order chi connectivity index (χ1) is 14.9. The molecule has 1 aromatic carbocycles. The summed E-state index contributed by atoms with van der Waals surface area (Å²) >= 11 is 1.52. The Morgan fingerprint density at radius 2 is 1.68 bits per heavy atom. The number of benzene rings is 1. The normalized spacial score (nSPS) is 14.5. The first kappa shape index (κ1) is 21.2. The second kappa shape index (κ2) is 9.01. The van der Waals surface area contributed by atoms with Gasteiger partial charge in [0.05, 0.1) is 17.7 Å².